The van der Waals surface area contributed by atoms with Crippen molar-refractivity contribution in [1.29, 1.82) is 0 Å². The van der Waals surface area contributed by atoms with Crippen molar-refractivity contribution in [1.82, 2.24) is 5.32 Å². The van der Waals surface area contributed by atoms with Gasteiger partial charge < -0.3 is 9.47 Å². The van der Waals surface area contributed by atoms with Crippen molar-refractivity contribution in [2.24, 2.45) is 0 Å². The number of benzene rings is 1. The summed E-state index contributed by atoms with van der Waals surface area (Å²) in [4.78, 5) is 11.5. The van der Waals surface area contributed by atoms with Gasteiger partial charge >= 0.3 is 12.1 Å². The van der Waals surface area contributed by atoms with Crippen molar-refractivity contribution in [3.63, 3.8) is 0 Å². The summed E-state index contributed by atoms with van der Waals surface area (Å²) >= 11 is 0. The molecule has 0 saturated carbocycles. The van der Waals surface area contributed by atoms with Crippen LogP contribution in [0.1, 0.15) is 17.5 Å². The molecule has 4 nitrogen and oxygen atoms in total. The first kappa shape index (κ1) is 13.2. The Labute approximate surface area is 112 Å². The number of fused-ring (bicyclic) bond motifs is 2. The van der Waals surface area contributed by atoms with Crippen LogP contribution in [0.25, 0.3) is 0 Å². The van der Waals surface area contributed by atoms with Gasteiger partial charge in [0.1, 0.15) is 11.8 Å². The summed E-state index contributed by atoms with van der Waals surface area (Å²) in [5.41, 5.74) is -1.52. The van der Waals surface area contributed by atoms with Gasteiger partial charge in [-0.1, -0.05) is 6.07 Å². The lowest BCUT2D eigenvalue weighted by molar-refractivity contribution is -0.154. The van der Waals surface area contributed by atoms with E-state index < -0.39 is 29.4 Å². The molecular weight excluding hydrogens is 275 g/mol. The Morgan fingerprint density at radius 2 is 2.20 bits per heavy atom. The largest absolute Gasteiger partial charge is 0.496 e. The number of nitrogens with one attached hydrogen (secondary N) is 1. The molecule has 2 bridgehead atoms. The number of morpholine rings is 1. The van der Waals surface area contributed by atoms with E-state index in [0.29, 0.717) is 18.5 Å². The van der Waals surface area contributed by atoms with Crippen LogP contribution >= 0.6 is 0 Å². The van der Waals surface area contributed by atoms with Crippen LogP contribution in [-0.4, -0.2) is 25.7 Å². The molecule has 108 valence electrons. The Bertz CT molecular complexity index is 572. The number of carbonyl (C=O) groups excluding carboxylic acids is 1. The maximum Gasteiger partial charge on any atom is 0.419 e. The molecule has 3 rings (SSSR count). The van der Waals surface area contributed by atoms with Gasteiger partial charge in [0.15, 0.2) is 5.60 Å². The molecular formula is C13H12F3NO3. The summed E-state index contributed by atoms with van der Waals surface area (Å²) < 4.78 is 49.1. The van der Waals surface area contributed by atoms with Crippen LogP contribution in [0, 0.1) is 0 Å². The van der Waals surface area contributed by atoms with Gasteiger partial charge in [-0.25, -0.2) is 0 Å². The van der Waals surface area contributed by atoms with Gasteiger partial charge in [0.2, 0.25) is 0 Å². The van der Waals surface area contributed by atoms with Crippen molar-refractivity contribution >= 4 is 5.97 Å². The minimum atomic E-state index is -4.52. The third-order valence-corrected chi connectivity index (χ3v) is 3.78. The highest BCUT2D eigenvalue weighted by Crippen LogP contribution is 2.44. The second kappa shape index (κ2) is 4.12. The highest BCUT2D eigenvalue weighted by atomic mass is 19.4. The molecule has 0 radical (unpaired) electrons. The number of methoxy groups -OCH3 is 1. The molecule has 2 aliphatic rings. The van der Waals surface area contributed by atoms with Crippen molar-refractivity contribution in [3.05, 3.63) is 29.3 Å². The molecule has 0 aromatic heterocycles. The van der Waals surface area contributed by atoms with Gasteiger partial charge in [-0.3, -0.25) is 10.1 Å². The summed E-state index contributed by atoms with van der Waals surface area (Å²) in [7, 11) is 1.19. The van der Waals surface area contributed by atoms with E-state index in [1.54, 1.807) is 0 Å². The lowest BCUT2D eigenvalue weighted by Gasteiger charge is -2.27. The van der Waals surface area contributed by atoms with Crippen LogP contribution in [0.5, 0.6) is 5.75 Å². The van der Waals surface area contributed by atoms with Crippen molar-refractivity contribution < 1.29 is 27.4 Å². The Kier molecular flexibility index (Phi) is 2.72. The quantitative estimate of drug-likeness (QED) is 0.843. The number of hydrogen-bond donors (Lipinski definition) is 1. The minimum Gasteiger partial charge on any atom is -0.496 e. The number of ether oxygens (including phenoxy) is 2. The third kappa shape index (κ3) is 1.84. The zero-order chi connectivity index (χ0) is 14.5. The molecule has 20 heavy (non-hydrogen) atoms. The molecule has 2 fully saturated rings. The van der Waals surface area contributed by atoms with Gasteiger partial charge in [0.05, 0.1) is 12.7 Å². The van der Waals surface area contributed by atoms with E-state index in [1.807, 2.05) is 0 Å². The topological polar surface area (TPSA) is 47.6 Å². The van der Waals surface area contributed by atoms with Crippen LogP contribution in [0.15, 0.2) is 18.2 Å². The van der Waals surface area contributed by atoms with Crippen LogP contribution in [-0.2, 0) is 21.3 Å². The predicted molar refractivity (Wildman–Crippen MR) is 62.2 cm³/mol. The van der Waals surface area contributed by atoms with Crippen molar-refractivity contribution in [2.75, 3.05) is 13.7 Å². The summed E-state index contributed by atoms with van der Waals surface area (Å²) in [6.45, 7) is 0.326. The zero-order valence-electron chi connectivity index (χ0n) is 10.6. The molecule has 1 N–H and O–H groups in total. The molecule has 0 spiro atoms. The van der Waals surface area contributed by atoms with E-state index >= 15 is 0 Å². The average molecular weight is 287 g/mol. The summed E-state index contributed by atoms with van der Waals surface area (Å²) in [5, 5.41) is 2.94. The minimum absolute atomic E-state index is 0.246. The second-order valence-corrected chi connectivity index (χ2v) is 4.97. The summed E-state index contributed by atoms with van der Waals surface area (Å²) in [6.07, 6.45) is -4.17. The Balaban J connectivity index is 2.06. The Hall–Kier alpha value is -1.76. The molecule has 2 unspecified atom stereocenters. The monoisotopic (exact) mass is 287 g/mol. The van der Waals surface area contributed by atoms with Gasteiger partial charge in [-0.2, -0.15) is 13.2 Å². The smallest absolute Gasteiger partial charge is 0.419 e. The standard InChI is InChI=1S/C13H12F3NO3/c1-19-10-3-2-7(4-8(10)13(14,15)16)12-5-9(17-6-12)11(18)20-12/h2-4,9,17H,5-6H2,1H3. The summed E-state index contributed by atoms with van der Waals surface area (Å²) in [5.74, 6) is -0.662. The first-order valence-corrected chi connectivity index (χ1v) is 6.08. The lowest BCUT2D eigenvalue weighted by atomic mass is 9.91. The molecule has 1 aromatic carbocycles. The Morgan fingerprint density at radius 3 is 2.70 bits per heavy atom. The molecule has 2 aliphatic heterocycles. The van der Waals surface area contributed by atoms with Crippen molar-refractivity contribution in [2.45, 2.75) is 24.2 Å². The van der Waals surface area contributed by atoms with E-state index in [2.05, 4.69) is 5.32 Å². The van der Waals surface area contributed by atoms with Gasteiger partial charge in [0, 0.05) is 13.0 Å². The fourth-order valence-electron chi connectivity index (χ4n) is 2.76. The maximum absolute atomic E-state index is 13.0. The lowest BCUT2D eigenvalue weighted by Crippen LogP contribution is -2.40. The van der Waals surface area contributed by atoms with E-state index in [4.69, 9.17) is 9.47 Å². The van der Waals surface area contributed by atoms with E-state index in [0.717, 1.165) is 6.07 Å². The molecule has 1 aromatic rings. The Morgan fingerprint density at radius 1 is 1.45 bits per heavy atom. The van der Waals surface area contributed by atoms with Crippen LogP contribution in [0.2, 0.25) is 0 Å². The molecule has 0 amide bonds. The van der Waals surface area contributed by atoms with E-state index in [1.165, 1.54) is 19.2 Å². The SMILES string of the molecule is COc1ccc(C23CNC(C2)C(=O)O3)cc1C(F)(F)F. The second-order valence-electron chi connectivity index (χ2n) is 4.97. The van der Waals surface area contributed by atoms with E-state index in [-0.39, 0.29) is 5.75 Å². The molecule has 2 saturated heterocycles. The van der Waals surface area contributed by atoms with E-state index in [9.17, 15) is 18.0 Å². The van der Waals surface area contributed by atoms with Gasteiger partial charge in [0.25, 0.3) is 0 Å². The maximum atomic E-state index is 13.0. The highest BCUT2D eigenvalue weighted by molar-refractivity contribution is 5.80. The molecule has 2 atom stereocenters. The van der Waals surface area contributed by atoms with Crippen LogP contribution in [0.4, 0.5) is 13.2 Å². The van der Waals surface area contributed by atoms with Crippen LogP contribution in [0.3, 0.4) is 0 Å². The molecule has 2 heterocycles. The fourth-order valence-corrected chi connectivity index (χ4v) is 2.76. The fraction of sp³-hybridized carbons (Fsp3) is 0.462. The predicted octanol–water partition coefficient (Wildman–Crippen LogP) is 1.83. The summed E-state index contributed by atoms with van der Waals surface area (Å²) in [6, 6.07) is 3.34. The van der Waals surface area contributed by atoms with Gasteiger partial charge in [-0.05, 0) is 17.7 Å². The van der Waals surface area contributed by atoms with Gasteiger partial charge in [-0.15, -0.1) is 0 Å². The van der Waals surface area contributed by atoms with Crippen molar-refractivity contribution in [3.8, 4) is 5.75 Å². The zero-order valence-corrected chi connectivity index (χ0v) is 10.6. The number of alkyl halides is 3. The number of halogens is 3. The normalized spacial score (nSPS) is 28.6. The third-order valence-electron chi connectivity index (χ3n) is 3.78. The molecule has 0 aliphatic carbocycles. The van der Waals surface area contributed by atoms with Crippen LogP contribution < -0.4 is 10.1 Å². The highest BCUT2D eigenvalue weighted by Gasteiger charge is 2.54. The number of rotatable bonds is 2. The first-order valence-electron chi connectivity index (χ1n) is 6.08. The number of hydrogen-bond acceptors (Lipinski definition) is 4. The molecule has 7 heteroatoms. The number of carbonyl (C=O) groups is 1. The number of esters is 1. The average Bonchev–Trinajstić information content (AvgIpc) is 2.95. The first-order chi connectivity index (χ1) is 9.36.